The summed E-state index contributed by atoms with van der Waals surface area (Å²) in [6.07, 6.45) is 7.60. The molecule has 2 atom stereocenters. The Bertz CT molecular complexity index is 944. The smallest absolute Gasteiger partial charge is 0.0624 e. The zero-order valence-corrected chi connectivity index (χ0v) is 26.4. The molecule has 0 bridgehead atoms. The first-order valence-electron chi connectivity index (χ1n) is 13.8. The quantitative estimate of drug-likeness (QED) is 0.393. The van der Waals surface area contributed by atoms with E-state index in [0.717, 1.165) is 12.8 Å². The van der Waals surface area contributed by atoms with Crippen LogP contribution in [0.2, 0.25) is 0 Å². The van der Waals surface area contributed by atoms with Crippen LogP contribution in [-0.2, 0) is 0 Å². The molecule has 0 saturated carbocycles. The van der Waals surface area contributed by atoms with Gasteiger partial charge in [0, 0.05) is 9.80 Å². The molecule has 196 valence electrons. The van der Waals surface area contributed by atoms with E-state index in [-0.39, 0.29) is 9.49 Å². The van der Waals surface area contributed by atoms with Crippen LogP contribution in [0.1, 0.15) is 108 Å². The lowest BCUT2D eigenvalue weighted by molar-refractivity contribution is 0.635. The molecular weight excluding hydrogens is 460 g/mol. The summed E-state index contributed by atoms with van der Waals surface area (Å²) in [6, 6.07) is 8.95. The maximum absolute atomic E-state index is 4.14. The first-order chi connectivity index (χ1) is 16.8. The van der Waals surface area contributed by atoms with Gasteiger partial charge < -0.3 is 0 Å². The Labute approximate surface area is 227 Å². The van der Waals surface area contributed by atoms with E-state index in [9.17, 15) is 0 Å². The molecule has 3 aliphatic rings. The molecule has 0 fully saturated rings. The predicted molar refractivity (Wildman–Crippen MR) is 169 cm³/mol. The highest BCUT2D eigenvalue weighted by molar-refractivity contribution is 8.08. The molecule has 35 heavy (non-hydrogen) atoms. The Morgan fingerprint density at radius 3 is 1.80 bits per heavy atom. The number of thioether (sulfide) groups is 2. The molecule has 2 heteroatoms. The number of hydrogen-bond donors (Lipinski definition) is 0. The van der Waals surface area contributed by atoms with E-state index in [4.69, 9.17) is 0 Å². The van der Waals surface area contributed by atoms with Gasteiger partial charge in [0.15, 0.2) is 0 Å². The Morgan fingerprint density at radius 2 is 1.31 bits per heavy atom. The molecule has 1 aromatic rings. The van der Waals surface area contributed by atoms with Gasteiger partial charge in [-0.2, -0.15) is 0 Å². The van der Waals surface area contributed by atoms with Crippen LogP contribution in [0, 0.1) is 0 Å². The fourth-order valence-electron chi connectivity index (χ4n) is 4.93. The molecule has 0 saturated heterocycles. The Balaban J connectivity index is 0.00000115. The van der Waals surface area contributed by atoms with Gasteiger partial charge in [-0.3, -0.25) is 0 Å². The second-order valence-electron chi connectivity index (χ2n) is 8.26. The summed E-state index contributed by atoms with van der Waals surface area (Å²) >= 11 is 4.02. The van der Waals surface area contributed by atoms with Crippen molar-refractivity contribution in [3.8, 4) is 0 Å². The summed E-state index contributed by atoms with van der Waals surface area (Å²) in [4.78, 5) is 2.69. The van der Waals surface area contributed by atoms with Gasteiger partial charge in [-0.25, -0.2) is 0 Å². The molecular formula is C33H52S2. The fraction of sp³-hybridized carbons (Fsp3) is 0.515. The van der Waals surface area contributed by atoms with E-state index >= 15 is 0 Å². The minimum atomic E-state index is -0.0135. The largest absolute Gasteiger partial charge is 0.112 e. The normalized spacial score (nSPS) is 23.1. The van der Waals surface area contributed by atoms with Crippen molar-refractivity contribution in [1.29, 1.82) is 0 Å². The summed E-state index contributed by atoms with van der Waals surface area (Å²) in [5.41, 5.74) is 8.77. The van der Waals surface area contributed by atoms with Crippen molar-refractivity contribution in [3.05, 3.63) is 82.3 Å². The minimum absolute atomic E-state index is 0.0135. The van der Waals surface area contributed by atoms with Gasteiger partial charge in [0.2, 0.25) is 0 Å². The number of allylic oxidation sites excluding steroid dienone is 5. The monoisotopic (exact) mass is 512 g/mol. The van der Waals surface area contributed by atoms with Crippen LogP contribution in [0.3, 0.4) is 0 Å². The molecule has 0 aromatic heterocycles. The Kier molecular flexibility index (Phi) is 15.1. The van der Waals surface area contributed by atoms with Gasteiger partial charge in [0.05, 0.1) is 9.49 Å². The average Bonchev–Trinajstić information content (AvgIpc) is 3.38. The number of hydrogen-bond acceptors (Lipinski definition) is 2. The van der Waals surface area contributed by atoms with Crippen LogP contribution < -0.4 is 0 Å². The summed E-state index contributed by atoms with van der Waals surface area (Å²) in [6.45, 7) is 34.0. The van der Waals surface area contributed by atoms with Crippen molar-refractivity contribution in [3.63, 3.8) is 0 Å². The fourth-order valence-corrected chi connectivity index (χ4v) is 8.16. The molecule has 0 amide bonds. The third-order valence-corrected chi connectivity index (χ3v) is 9.56. The second kappa shape index (κ2) is 15.7. The lowest BCUT2D eigenvalue weighted by Gasteiger charge is -2.48. The summed E-state index contributed by atoms with van der Waals surface area (Å²) < 4.78 is 0.000111. The SMILES string of the molecule is C=CC1=C(C=C)C2=C(C)C(CCC)=C3c4ccccc4SC3(C)C2(C)S1.CC.CC.CC.CCC. The third kappa shape index (κ3) is 5.96. The third-order valence-electron chi connectivity index (χ3n) is 6.20. The first-order valence-corrected chi connectivity index (χ1v) is 15.4. The molecule has 0 spiro atoms. The van der Waals surface area contributed by atoms with Gasteiger partial charge in [-0.1, -0.05) is 119 Å². The van der Waals surface area contributed by atoms with Crippen molar-refractivity contribution < 1.29 is 0 Å². The van der Waals surface area contributed by atoms with Crippen LogP contribution in [0.4, 0.5) is 0 Å². The van der Waals surface area contributed by atoms with E-state index in [1.807, 2.05) is 77.2 Å². The molecule has 2 heterocycles. The summed E-state index contributed by atoms with van der Waals surface area (Å²) in [7, 11) is 0. The summed E-state index contributed by atoms with van der Waals surface area (Å²) in [5.74, 6) is 0. The molecule has 1 aliphatic carbocycles. The molecule has 0 N–H and O–H groups in total. The molecule has 0 nitrogen and oxygen atoms in total. The van der Waals surface area contributed by atoms with E-state index in [1.54, 1.807) is 11.1 Å². The molecule has 2 unspecified atom stereocenters. The van der Waals surface area contributed by atoms with Crippen molar-refractivity contribution >= 4 is 29.1 Å². The zero-order valence-electron chi connectivity index (χ0n) is 24.8. The Morgan fingerprint density at radius 1 is 0.800 bits per heavy atom. The van der Waals surface area contributed by atoms with Crippen LogP contribution >= 0.6 is 23.5 Å². The summed E-state index contributed by atoms with van der Waals surface area (Å²) in [5, 5.41) is 0. The van der Waals surface area contributed by atoms with Crippen LogP contribution in [0.5, 0.6) is 0 Å². The first kappa shape index (κ1) is 33.6. The van der Waals surface area contributed by atoms with Crippen LogP contribution in [0.25, 0.3) is 5.57 Å². The van der Waals surface area contributed by atoms with E-state index < -0.39 is 0 Å². The van der Waals surface area contributed by atoms with Crippen LogP contribution in [0.15, 0.2) is 81.7 Å². The topological polar surface area (TPSA) is 0 Å². The molecule has 0 radical (unpaired) electrons. The van der Waals surface area contributed by atoms with Gasteiger partial charge in [-0.05, 0) is 66.7 Å². The van der Waals surface area contributed by atoms with Gasteiger partial charge in [0.25, 0.3) is 0 Å². The zero-order chi connectivity index (χ0) is 27.4. The van der Waals surface area contributed by atoms with Gasteiger partial charge in [0.1, 0.15) is 0 Å². The average molecular weight is 513 g/mol. The van der Waals surface area contributed by atoms with Crippen molar-refractivity contribution in [2.75, 3.05) is 0 Å². The van der Waals surface area contributed by atoms with Gasteiger partial charge >= 0.3 is 0 Å². The number of rotatable bonds is 4. The Hall–Kier alpha value is -1.38. The molecule has 4 rings (SSSR count). The lowest BCUT2D eigenvalue weighted by Crippen LogP contribution is -2.47. The van der Waals surface area contributed by atoms with Crippen LogP contribution in [-0.4, -0.2) is 9.49 Å². The van der Waals surface area contributed by atoms with E-state index in [1.165, 1.54) is 38.5 Å². The number of benzene rings is 1. The highest BCUT2D eigenvalue weighted by Gasteiger charge is 2.60. The van der Waals surface area contributed by atoms with Crippen molar-refractivity contribution in [2.45, 2.75) is 117 Å². The van der Waals surface area contributed by atoms with E-state index in [2.05, 4.69) is 79.0 Å². The van der Waals surface area contributed by atoms with Gasteiger partial charge in [-0.15, -0.1) is 23.5 Å². The number of fused-ring (bicyclic) bond motifs is 5. The van der Waals surface area contributed by atoms with Crippen molar-refractivity contribution in [1.82, 2.24) is 0 Å². The second-order valence-corrected chi connectivity index (χ2v) is 11.2. The molecule has 2 aliphatic heterocycles. The highest BCUT2D eigenvalue weighted by Crippen LogP contribution is 2.71. The maximum Gasteiger partial charge on any atom is 0.0624 e. The predicted octanol–water partition coefficient (Wildman–Crippen LogP) is 12.1. The lowest BCUT2D eigenvalue weighted by atomic mass is 9.67. The minimum Gasteiger partial charge on any atom is -0.112 e. The molecule has 1 aromatic carbocycles. The van der Waals surface area contributed by atoms with Crippen molar-refractivity contribution in [2.24, 2.45) is 0 Å². The standard InChI is InChI=1S/C24H26S2.C3H8.3C2H6/c1-7-12-17-15(4)21-16(8-2)19(9-3)25-23(21,5)24(6)22(17)18-13-10-11-14-20(18)26-24;1-3-2;3*1-2/h8-11,13-14H,2-3,7,12H2,1,4-6H3;3H2,1-2H3;3*1-2H3. The highest BCUT2D eigenvalue weighted by atomic mass is 32.2. The van der Waals surface area contributed by atoms with E-state index in [0.29, 0.717) is 0 Å². The maximum atomic E-state index is 4.14.